The van der Waals surface area contributed by atoms with Gasteiger partial charge >= 0.3 is 0 Å². The molecule has 0 amide bonds. The third-order valence-electron chi connectivity index (χ3n) is 7.68. The number of aromatic hydroxyl groups is 1. The lowest BCUT2D eigenvalue weighted by molar-refractivity contribution is -0.0413. The van der Waals surface area contributed by atoms with Gasteiger partial charge in [-0.1, -0.05) is 39.3 Å². The van der Waals surface area contributed by atoms with Gasteiger partial charge in [0.15, 0.2) is 0 Å². The summed E-state index contributed by atoms with van der Waals surface area (Å²) in [5, 5.41) is 52.1. The Bertz CT molecular complexity index is 1020. The maximum absolute atomic E-state index is 13.1. The van der Waals surface area contributed by atoms with Crippen molar-refractivity contribution < 1.29 is 30.3 Å². The Labute approximate surface area is 207 Å². The molecule has 1 saturated carbocycles. The van der Waals surface area contributed by atoms with Gasteiger partial charge in [-0.05, 0) is 49.7 Å². The van der Waals surface area contributed by atoms with Gasteiger partial charge in [-0.25, -0.2) is 0 Å². The SMILES string of the molecule is CC[C@H](C)C[C@H](C)/C=C(\C)[C@@H]1O[C@H](c2c(O)c(C3[C@@H](O)[C@@H](O)[C@@H](O)[C@H]3O)cn(C)c2=O)CC=C1C. The Morgan fingerprint density at radius 3 is 2.34 bits per heavy atom. The predicted molar refractivity (Wildman–Crippen MR) is 133 cm³/mol. The Hall–Kier alpha value is -1.97. The molecule has 2 aliphatic rings. The van der Waals surface area contributed by atoms with Crippen LogP contribution in [0.4, 0.5) is 0 Å². The van der Waals surface area contributed by atoms with Crippen molar-refractivity contribution in [2.75, 3.05) is 0 Å². The smallest absolute Gasteiger partial charge is 0.259 e. The second-order valence-corrected chi connectivity index (χ2v) is 10.6. The van der Waals surface area contributed by atoms with Crippen molar-refractivity contribution >= 4 is 0 Å². The molecule has 1 unspecified atom stereocenters. The van der Waals surface area contributed by atoms with Gasteiger partial charge in [-0.15, -0.1) is 0 Å². The molecule has 1 aliphatic carbocycles. The van der Waals surface area contributed by atoms with Gasteiger partial charge in [0.1, 0.15) is 18.0 Å². The second-order valence-electron chi connectivity index (χ2n) is 10.6. The van der Waals surface area contributed by atoms with Crippen LogP contribution in [0, 0.1) is 11.8 Å². The number of nitrogens with zero attached hydrogens (tertiary/aromatic N) is 1. The number of ether oxygens (including phenoxy) is 1. The lowest BCUT2D eigenvalue weighted by Crippen LogP contribution is -2.32. The molecule has 3 rings (SSSR count). The first-order chi connectivity index (χ1) is 16.4. The highest BCUT2D eigenvalue weighted by molar-refractivity contribution is 5.44. The molecule has 1 aliphatic heterocycles. The summed E-state index contributed by atoms with van der Waals surface area (Å²) in [4.78, 5) is 13.1. The first-order valence-electron chi connectivity index (χ1n) is 12.5. The summed E-state index contributed by atoms with van der Waals surface area (Å²) < 4.78 is 7.64. The molecule has 196 valence electrons. The summed E-state index contributed by atoms with van der Waals surface area (Å²) in [5.41, 5.74) is 1.75. The number of rotatable bonds is 7. The van der Waals surface area contributed by atoms with Crippen molar-refractivity contribution in [3.8, 4) is 5.75 Å². The van der Waals surface area contributed by atoms with Crippen molar-refractivity contribution in [3.05, 3.63) is 51.0 Å². The molecule has 0 saturated heterocycles. The Kier molecular flexibility index (Phi) is 8.65. The maximum atomic E-state index is 13.1. The Morgan fingerprint density at radius 2 is 1.77 bits per heavy atom. The molecule has 1 aromatic rings. The number of aryl methyl sites for hydroxylation is 1. The molecule has 0 radical (unpaired) electrons. The minimum Gasteiger partial charge on any atom is -0.507 e. The van der Waals surface area contributed by atoms with Crippen LogP contribution in [0.5, 0.6) is 5.75 Å². The van der Waals surface area contributed by atoms with Crippen LogP contribution in [-0.2, 0) is 11.8 Å². The van der Waals surface area contributed by atoms with E-state index in [-0.39, 0.29) is 23.0 Å². The largest absolute Gasteiger partial charge is 0.507 e. The molecule has 9 atom stereocenters. The van der Waals surface area contributed by atoms with Crippen LogP contribution in [0.1, 0.15) is 77.0 Å². The van der Waals surface area contributed by atoms with Gasteiger partial charge in [0.05, 0.1) is 30.0 Å². The average molecular weight is 492 g/mol. The first-order valence-corrected chi connectivity index (χ1v) is 12.5. The van der Waals surface area contributed by atoms with E-state index in [9.17, 15) is 30.3 Å². The molecule has 0 spiro atoms. The molecular formula is C27H41NO7. The minimum absolute atomic E-state index is 0.0366. The standard InChI is InChI=1S/C27H41NO7/c1-7-13(2)10-14(3)11-16(5)26-15(4)8-9-18(35-26)20-21(29)17(12-28(6)27(20)34)19-22(30)24(32)25(33)23(19)31/h8,11-14,18-19,22-26,29-33H,7,9-10H2,1-6H3/b16-11+/t13-,14-,18-,19?,22-,23+,24-,25+,26+/m0/s1. The lowest BCUT2D eigenvalue weighted by Gasteiger charge is -2.32. The summed E-state index contributed by atoms with van der Waals surface area (Å²) in [7, 11) is 1.51. The van der Waals surface area contributed by atoms with Crippen LogP contribution in [0.2, 0.25) is 0 Å². The molecule has 35 heavy (non-hydrogen) atoms. The molecule has 0 aromatic carbocycles. The van der Waals surface area contributed by atoms with E-state index in [1.807, 2.05) is 19.9 Å². The second kappa shape index (κ2) is 11.0. The summed E-state index contributed by atoms with van der Waals surface area (Å²) in [6.07, 6.45) is 0.890. The van der Waals surface area contributed by atoms with Crippen LogP contribution < -0.4 is 5.56 Å². The fourth-order valence-corrected chi connectivity index (χ4v) is 5.49. The number of hydrogen-bond acceptors (Lipinski definition) is 7. The zero-order valence-electron chi connectivity index (χ0n) is 21.5. The molecule has 1 fully saturated rings. The summed E-state index contributed by atoms with van der Waals surface area (Å²) in [6.45, 7) is 10.6. The molecule has 0 bridgehead atoms. The zero-order chi connectivity index (χ0) is 26.2. The summed E-state index contributed by atoms with van der Waals surface area (Å²) in [5.74, 6) is -0.563. The quantitative estimate of drug-likeness (QED) is 0.370. The van der Waals surface area contributed by atoms with Crippen molar-refractivity contribution in [1.29, 1.82) is 0 Å². The van der Waals surface area contributed by atoms with E-state index in [0.717, 1.165) is 24.0 Å². The normalized spacial score (nSPS) is 33.5. The Balaban J connectivity index is 1.96. The van der Waals surface area contributed by atoms with E-state index >= 15 is 0 Å². The van der Waals surface area contributed by atoms with E-state index in [1.54, 1.807) is 0 Å². The fourth-order valence-electron chi connectivity index (χ4n) is 5.49. The van der Waals surface area contributed by atoms with Crippen molar-refractivity contribution in [3.63, 3.8) is 0 Å². The number of aliphatic hydroxyl groups is 4. The average Bonchev–Trinajstić information content (AvgIpc) is 2.99. The first kappa shape index (κ1) is 27.6. The van der Waals surface area contributed by atoms with E-state index in [4.69, 9.17) is 4.74 Å². The van der Waals surface area contributed by atoms with Crippen LogP contribution in [0.15, 0.2) is 34.3 Å². The van der Waals surface area contributed by atoms with Gasteiger partial charge in [-0.3, -0.25) is 4.79 Å². The molecule has 5 N–H and O–H groups in total. The summed E-state index contributed by atoms with van der Waals surface area (Å²) >= 11 is 0. The van der Waals surface area contributed by atoms with Crippen LogP contribution >= 0.6 is 0 Å². The molecule has 8 nitrogen and oxygen atoms in total. The van der Waals surface area contributed by atoms with E-state index in [0.29, 0.717) is 18.3 Å². The lowest BCUT2D eigenvalue weighted by atomic mass is 9.89. The van der Waals surface area contributed by atoms with Gasteiger partial charge in [0.25, 0.3) is 5.56 Å². The number of allylic oxidation sites excluding steroid dienone is 1. The number of aliphatic hydroxyl groups excluding tert-OH is 4. The van der Waals surface area contributed by atoms with E-state index < -0.39 is 42.0 Å². The van der Waals surface area contributed by atoms with Gasteiger partial charge in [0.2, 0.25) is 0 Å². The highest BCUT2D eigenvalue weighted by Crippen LogP contribution is 2.43. The molecule has 2 heterocycles. The van der Waals surface area contributed by atoms with Crippen LogP contribution in [0.3, 0.4) is 0 Å². The highest BCUT2D eigenvalue weighted by atomic mass is 16.5. The third kappa shape index (κ3) is 5.42. The summed E-state index contributed by atoms with van der Waals surface area (Å²) in [6, 6.07) is 0. The third-order valence-corrected chi connectivity index (χ3v) is 7.68. The minimum atomic E-state index is -1.57. The maximum Gasteiger partial charge on any atom is 0.259 e. The van der Waals surface area contributed by atoms with Gasteiger partial charge in [-0.2, -0.15) is 0 Å². The zero-order valence-corrected chi connectivity index (χ0v) is 21.5. The molecule has 8 heteroatoms. The van der Waals surface area contributed by atoms with Crippen LogP contribution in [0.25, 0.3) is 0 Å². The Morgan fingerprint density at radius 1 is 1.17 bits per heavy atom. The number of aromatic nitrogens is 1. The van der Waals surface area contributed by atoms with Gasteiger partial charge in [0, 0.05) is 24.7 Å². The van der Waals surface area contributed by atoms with Gasteiger partial charge < -0.3 is 34.8 Å². The highest BCUT2D eigenvalue weighted by Gasteiger charge is 2.50. The van der Waals surface area contributed by atoms with E-state index in [1.165, 1.54) is 17.8 Å². The van der Waals surface area contributed by atoms with Crippen molar-refractivity contribution in [2.45, 2.75) is 96.4 Å². The van der Waals surface area contributed by atoms with Crippen molar-refractivity contribution in [2.24, 2.45) is 18.9 Å². The predicted octanol–water partition coefficient (Wildman–Crippen LogP) is 2.43. The number of hydrogen-bond donors (Lipinski definition) is 5. The molecular weight excluding hydrogens is 450 g/mol. The number of pyridine rings is 1. The van der Waals surface area contributed by atoms with Crippen molar-refractivity contribution in [1.82, 2.24) is 4.57 Å². The van der Waals surface area contributed by atoms with Crippen LogP contribution in [-0.4, -0.2) is 60.6 Å². The van der Waals surface area contributed by atoms with E-state index in [2.05, 4.69) is 26.8 Å². The topological polar surface area (TPSA) is 132 Å². The fraction of sp³-hybridized carbons (Fsp3) is 0.667. The monoisotopic (exact) mass is 491 g/mol. The molecule has 1 aromatic heterocycles.